The van der Waals surface area contributed by atoms with Crippen LogP contribution in [0.1, 0.15) is 15.9 Å². The number of carbonyl (C=O) groups excluding carboxylic acids is 2. The predicted molar refractivity (Wildman–Crippen MR) is 57.2 cm³/mol. The van der Waals surface area contributed by atoms with E-state index in [0.717, 1.165) is 10.9 Å². The zero-order valence-corrected chi connectivity index (χ0v) is 9.76. The first-order valence-electron chi connectivity index (χ1n) is 3.53. The van der Waals surface area contributed by atoms with Crippen LogP contribution in [0.5, 0.6) is 0 Å². The van der Waals surface area contributed by atoms with Gasteiger partial charge in [-0.2, -0.15) is 0 Å². The van der Waals surface area contributed by atoms with Gasteiger partial charge in [0.25, 0.3) is 0 Å². The van der Waals surface area contributed by atoms with E-state index in [1.807, 2.05) is 6.07 Å². The summed E-state index contributed by atoms with van der Waals surface area (Å²) < 4.78 is 0.654. The summed E-state index contributed by atoms with van der Waals surface area (Å²) in [4.78, 5) is 21.3. The van der Waals surface area contributed by atoms with Crippen molar-refractivity contribution in [3.63, 3.8) is 0 Å². The number of hydrogen-bond donors (Lipinski definition) is 0. The average Bonchev–Trinajstić information content (AvgIpc) is 2.16. The highest BCUT2D eigenvalue weighted by molar-refractivity contribution is 9.10. The monoisotopic (exact) mass is 304 g/mol. The number of benzene rings is 1. The number of aldehydes is 1. The molecule has 0 spiro atoms. The Kier molecular flexibility index (Phi) is 3.81. The molecular formula is C9H6Br2O2. The Morgan fingerprint density at radius 2 is 2.15 bits per heavy atom. The average molecular weight is 306 g/mol. The van der Waals surface area contributed by atoms with E-state index in [-0.39, 0.29) is 0 Å². The first-order valence-corrected chi connectivity index (χ1v) is 5.44. The van der Waals surface area contributed by atoms with Crippen LogP contribution in [0.25, 0.3) is 0 Å². The number of carbonyl (C=O) groups is 2. The second-order valence-electron chi connectivity index (χ2n) is 2.43. The van der Waals surface area contributed by atoms with Crippen molar-refractivity contribution in [3.05, 3.63) is 33.8 Å². The van der Waals surface area contributed by atoms with Gasteiger partial charge in [-0.25, -0.2) is 0 Å². The van der Waals surface area contributed by atoms with Gasteiger partial charge in [0.1, 0.15) is 0 Å². The van der Waals surface area contributed by atoms with Gasteiger partial charge in [-0.1, -0.05) is 37.9 Å². The fourth-order valence-electron chi connectivity index (χ4n) is 0.905. The molecule has 0 saturated carbocycles. The van der Waals surface area contributed by atoms with Crippen LogP contribution in [-0.2, 0) is 10.1 Å². The van der Waals surface area contributed by atoms with Gasteiger partial charge in [0.2, 0.25) is 5.78 Å². The first kappa shape index (κ1) is 10.6. The molecule has 0 aromatic heterocycles. The number of hydrogen-bond acceptors (Lipinski definition) is 2. The molecule has 1 aromatic carbocycles. The Labute approximate surface area is 92.6 Å². The molecule has 0 aliphatic carbocycles. The molecule has 1 aromatic rings. The summed E-state index contributed by atoms with van der Waals surface area (Å²) in [7, 11) is 0. The van der Waals surface area contributed by atoms with Crippen LogP contribution < -0.4 is 0 Å². The molecule has 0 heterocycles. The van der Waals surface area contributed by atoms with Crippen LogP contribution in [0.15, 0.2) is 22.7 Å². The number of Topliss-reactive ketones (excluding diaryl/α,β-unsaturated/α-hetero) is 1. The molecule has 1 rings (SSSR count). The van der Waals surface area contributed by atoms with E-state index in [4.69, 9.17) is 0 Å². The van der Waals surface area contributed by atoms with Crippen molar-refractivity contribution in [3.8, 4) is 0 Å². The van der Waals surface area contributed by atoms with Crippen LogP contribution in [0.3, 0.4) is 0 Å². The summed E-state index contributed by atoms with van der Waals surface area (Å²) in [5.41, 5.74) is 1.45. The molecule has 0 atom stereocenters. The van der Waals surface area contributed by atoms with Crippen molar-refractivity contribution in [2.24, 2.45) is 0 Å². The maximum absolute atomic E-state index is 11.0. The minimum atomic E-state index is -0.506. The smallest absolute Gasteiger partial charge is 0.226 e. The lowest BCUT2D eigenvalue weighted by Crippen LogP contribution is -2.01. The molecular weight excluding hydrogens is 300 g/mol. The van der Waals surface area contributed by atoms with Gasteiger partial charge in [-0.05, 0) is 17.7 Å². The van der Waals surface area contributed by atoms with Crippen LogP contribution in [0.4, 0.5) is 0 Å². The van der Waals surface area contributed by atoms with Gasteiger partial charge < -0.3 is 0 Å². The maximum atomic E-state index is 11.0. The number of alkyl halides is 1. The SMILES string of the molecule is O=CC(=O)c1ccc(CBr)cc1Br. The van der Waals surface area contributed by atoms with E-state index >= 15 is 0 Å². The summed E-state index contributed by atoms with van der Waals surface area (Å²) >= 11 is 6.52. The number of halogens is 2. The third-order valence-corrected chi connectivity index (χ3v) is 2.86. The number of rotatable bonds is 3. The molecule has 0 aliphatic heterocycles. The topological polar surface area (TPSA) is 34.1 Å². The van der Waals surface area contributed by atoms with Gasteiger partial charge in [0.05, 0.1) is 0 Å². The maximum Gasteiger partial charge on any atom is 0.226 e. The van der Waals surface area contributed by atoms with E-state index in [1.54, 1.807) is 12.1 Å². The molecule has 0 N–H and O–H groups in total. The number of ketones is 1. The molecule has 2 nitrogen and oxygen atoms in total. The molecule has 0 saturated heterocycles. The lowest BCUT2D eigenvalue weighted by molar-refractivity contribution is -0.104. The Hall–Kier alpha value is -0.480. The lowest BCUT2D eigenvalue weighted by atomic mass is 10.1. The molecule has 68 valence electrons. The van der Waals surface area contributed by atoms with Gasteiger partial charge in [0.15, 0.2) is 6.29 Å². The Balaban J connectivity index is 3.12. The van der Waals surface area contributed by atoms with Gasteiger partial charge >= 0.3 is 0 Å². The highest BCUT2D eigenvalue weighted by Gasteiger charge is 2.08. The van der Waals surface area contributed by atoms with Crippen LogP contribution in [0.2, 0.25) is 0 Å². The summed E-state index contributed by atoms with van der Waals surface area (Å²) in [5, 5.41) is 0.723. The molecule has 4 heteroatoms. The summed E-state index contributed by atoms with van der Waals surface area (Å²) in [6.45, 7) is 0. The summed E-state index contributed by atoms with van der Waals surface area (Å²) in [6, 6.07) is 5.25. The molecule has 0 unspecified atom stereocenters. The van der Waals surface area contributed by atoms with Crippen LogP contribution in [0, 0.1) is 0 Å². The van der Waals surface area contributed by atoms with Crippen molar-refractivity contribution in [2.45, 2.75) is 5.33 Å². The second-order valence-corrected chi connectivity index (χ2v) is 3.85. The van der Waals surface area contributed by atoms with Crippen molar-refractivity contribution >= 4 is 43.9 Å². The standard InChI is InChI=1S/C9H6Br2O2/c10-4-6-1-2-7(8(11)3-6)9(13)5-12/h1-3,5H,4H2. The van der Waals surface area contributed by atoms with Gasteiger partial charge in [0, 0.05) is 15.4 Å². The Morgan fingerprint density at radius 3 is 2.62 bits per heavy atom. The third kappa shape index (κ3) is 2.48. The minimum Gasteiger partial charge on any atom is -0.294 e. The van der Waals surface area contributed by atoms with Crippen molar-refractivity contribution in [2.75, 3.05) is 0 Å². The van der Waals surface area contributed by atoms with Gasteiger partial charge in [-0.15, -0.1) is 0 Å². The third-order valence-electron chi connectivity index (χ3n) is 1.56. The summed E-state index contributed by atoms with van der Waals surface area (Å²) in [5.74, 6) is -0.506. The largest absolute Gasteiger partial charge is 0.294 e. The van der Waals surface area contributed by atoms with Crippen molar-refractivity contribution in [1.29, 1.82) is 0 Å². The Morgan fingerprint density at radius 1 is 1.46 bits per heavy atom. The van der Waals surface area contributed by atoms with E-state index < -0.39 is 5.78 Å². The molecule has 0 aliphatic rings. The van der Waals surface area contributed by atoms with E-state index in [9.17, 15) is 9.59 Å². The van der Waals surface area contributed by atoms with E-state index in [2.05, 4.69) is 31.9 Å². The van der Waals surface area contributed by atoms with Crippen LogP contribution in [-0.4, -0.2) is 12.1 Å². The molecule has 0 radical (unpaired) electrons. The summed E-state index contributed by atoms with van der Waals surface area (Å²) in [6.07, 6.45) is 0.313. The molecule has 13 heavy (non-hydrogen) atoms. The van der Waals surface area contributed by atoms with Crippen molar-refractivity contribution < 1.29 is 9.59 Å². The second kappa shape index (κ2) is 4.67. The zero-order valence-electron chi connectivity index (χ0n) is 6.59. The Bertz CT molecular complexity index is 347. The highest BCUT2D eigenvalue weighted by Crippen LogP contribution is 2.20. The predicted octanol–water partition coefficient (Wildman–Crippen LogP) is 2.73. The highest BCUT2D eigenvalue weighted by atomic mass is 79.9. The van der Waals surface area contributed by atoms with Crippen LogP contribution >= 0.6 is 31.9 Å². The molecule has 0 bridgehead atoms. The fourth-order valence-corrected chi connectivity index (χ4v) is 1.88. The first-order chi connectivity index (χ1) is 6.19. The fraction of sp³-hybridized carbons (Fsp3) is 0.111. The van der Waals surface area contributed by atoms with E-state index in [1.165, 1.54) is 0 Å². The van der Waals surface area contributed by atoms with Gasteiger partial charge in [-0.3, -0.25) is 9.59 Å². The van der Waals surface area contributed by atoms with Crippen molar-refractivity contribution in [1.82, 2.24) is 0 Å². The molecule has 0 amide bonds. The zero-order chi connectivity index (χ0) is 9.84. The quantitative estimate of drug-likeness (QED) is 0.372. The van der Waals surface area contributed by atoms with E-state index in [0.29, 0.717) is 16.3 Å². The minimum absolute atomic E-state index is 0.313. The lowest BCUT2D eigenvalue weighted by Gasteiger charge is -2.00. The molecule has 0 fully saturated rings. The normalized spacial score (nSPS) is 9.69.